The Morgan fingerprint density at radius 3 is 2.52 bits per heavy atom. The number of hydrogen-bond acceptors (Lipinski definition) is 3. The van der Waals surface area contributed by atoms with Gasteiger partial charge in [0.1, 0.15) is 5.75 Å². The standard InChI is InChI=1S/C18H24N2O/c1-4-5-6-15-7-9-17(10-8-15)21-18-14(2)11-16(12-19-3)13-20-18/h7-11,13,19H,4-6,12H2,1-3H3. The van der Waals surface area contributed by atoms with E-state index in [1.165, 1.54) is 18.4 Å². The van der Waals surface area contributed by atoms with E-state index in [4.69, 9.17) is 4.74 Å². The van der Waals surface area contributed by atoms with Gasteiger partial charge in [-0.05, 0) is 56.1 Å². The van der Waals surface area contributed by atoms with Crippen molar-refractivity contribution in [2.45, 2.75) is 39.7 Å². The van der Waals surface area contributed by atoms with Crippen LogP contribution in [-0.4, -0.2) is 12.0 Å². The topological polar surface area (TPSA) is 34.1 Å². The van der Waals surface area contributed by atoms with Crippen LogP contribution in [0.2, 0.25) is 0 Å². The Morgan fingerprint density at radius 1 is 1.14 bits per heavy atom. The third-order valence-corrected chi connectivity index (χ3v) is 3.42. The number of pyridine rings is 1. The predicted molar refractivity (Wildman–Crippen MR) is 86.9 cm³/mol. The molecule has 21 heavy (non-hydrogen) atoms. The summed E-state index contributed by atoms with van der Waals surface area (Å²) in [4.78, 5) is 4.40. The van der Waals surface area contributed by atoms with Crippen LogP contribution in [0.15, 0.2) is 36.5 Å². The maximum Gasteiger partial charge on any atom is 0.222 e. The van der Waals surface area contributed by atoms with Crippen LogP contribution < -0.4 is 10.1 Å². The molecule has 3 nitrogen and oxygen atoms in total. The Labute approximate surface area is 127 Å². The fourth-order valence-corrected chi connectivity index (χ4v) is 2.24. The van der Waals surface area contributed by atoms with E-state index in [0.29, 0.717) is 5.88 Å². The average molecular weight is 284 g/mol. The highest BCUT2D eigenvalue weighted by molar-refractivity contribution is 5.35. The minimum atomic E-state index is 0.677. The van der Waals surface area contributed by atoms with Crippen LogP contribution in [0.3, 0.4) is 0 Å². The average Bonchev–Trinajstić information content (AvgIpc) is 2.49. The van der Waals surface area contributed by atoms with E-state index in [1.54, 1.807) is 0 Å². The molecule has 0 amide bonds. The largest absolute Gasteiger partial charge is 0.439 e. The number of rotatable bonds is 7. The van der Waals surface area contributed by atoms with E-state index in [1.807, 2.05) is 32.3 Å². The molecule has 1 heterocycles. The number of hydrogen-bond donors (Lipinski definition) is 1. The van der Waals surface area contributed by atoms with Gasteiger partial charge >= 0.3 is 0 Å². The first-order valence-electron chi connectivity index (χ1n) is 7.60. The summed E-state index contributed by atoms with van der Waals surface area (Å²) >= 11 is 0. The SMILES string of the molecule is CCCCc1ccc(Oc2ncc(CNC)cc2C)cc1. The highest BCUT2D eigenvalue weighted by atomic mass is 16.5. The third-order valence-electron chi connectivity index (χ3n) is 3.42. The molecule has 0 saturated heterocycles. The van der Waals surface area contributed by atoms with E-state index in [9.17, 15) is 0 Å². The van der Waals surface area contributed by atoms with E-state index < -0.39 is 0 Å². The van der Waals surface area contributed by atoms with Gasteiger partial charge in [0.2, 0.25) is 5.88 Å². The van der Waals surface area contributed by atoms with Gasteiger partial charge in [-0.25, -0.2) is 4.98 Å². The number of aromatic nitrogens is 1. The Morgan fingerprint density at radius 2 is 1.90 bits per heavy atom. The summed E-state index contributed by atoms with van der Waals surface area (Å²) < 4.78 is 5.87. The van der Waals surface area contributed by atoms with Gasteiger partial charge in [-0.1, -0.05) is 25.5 Å². The van der Waals surface area contributed by atoms with Crippen LogP contribution >= 0.6 is 0 Å². The molecule has 0 unspecified atom stereocenters. The molecule has 0 aliphatic carbocycles. The Balaban J connectivity index is 2.04. The van der Waals surface area contributed by atoms with Crippen molar-refractivity contribution in [2.75, 3.05) is 7.05 Å². The lowest BCUT2D eigenvalue weighted by Gasteiger charge is -2.09. The van der Waals surface area contributed by atoms with E-state index >= 15 is 0 Å². The molecule has 0 radical (unpaired) electrons. The molecule has 0 saturated carbocycles. The zero-order valence-corrected chi connectivity index (χ0v) is 13.1. The second kappa shape index (κ2) is 7.79. The number of nitrogens with one attached hydrogen (secondary N) is 1. The second-order valence-corrected chi connectivity index (χ2v) is 5.35. The maximum absolute atomic E-state index is 5.87. The molecule has 1 aromatic heterocycles. The molecule has 1 aromatic carbocycles. The molecule has 2 rings (SSSR count). The zero-order chi connectivity index (χ0) is 15.1. The van der Waals surface area contributed by atoms with Crippen molar-refractivity contribution >= 4 is 0 Å². The van der Waals surface area contributed by atoms with Crippen LogP contribution in [-0.2, 0) is 13.0 Å². The molecule has 0 aliphatic heterocycles. The van der Waals surface area contributed by atoms with E-state index in [0.717, 1.165) is 29.8 Å². The van der Waals surface area contributed by atoms with Gasteiger partial charge < -0.3 is 10.1 Å². The lowest BCUT2D eigenvalue weighted by molar-refractivity contribution is 0.458. The summed E-state index contributed by atoms with van der Waals surface area (Å²) in [5, 5.41) is 3.12. The molecule has 0 bridgehead atoms. The number of unbranched alkanes of at least 4 members (excludes halogenated alkanes) is 1. The minimum Gasteiger partial charge on any atom is -0.439 e. The number of nitrogens with zero attached hydrogens (tertiary/aromatic N) is 1. The fourth-order valence-electron chi connectivity index (χ4n) is 2.24. The minimum absolute atomic E-state index is 0.677. The van der Waals surface area contributed by atoms with Crippen molar-refractivity contribution < 1.29 is 4.74 Å². The lowest BCUT2D eigenvalue weighted by Crippen LogP contribution is -2.06. The molecule has 1 N–H and O–H groups in total. The van der Waals surface area contributed by atoms with E-state index in [2.05, 4.69) is 35.4 Å². The summed E-state index contributed by atoms with van der Waals surface area (Å²) in [5.41, 5.74) is 3.58. The summed E-state index contributed by atoms with van der Waals surface area (Å²) in [7, 11) is 1.93. The Bertz CT molecular complexity index is 564. The maximum atomic E-state index is 5.87. The van der Waals surface area contributed by atoms with Crippen LogP contribution in [0.5, 0.6) is 11.6 Å². The molecular weight excluding hydrogens is 260 g/mol. The van der Waals surface area contributed by atoms with Gasteiger partial charge in [0, 0.05) is 18.3 Å². The molecule has 3 heteroatoms. The molecule has 112 valence electrons. The van der Waals surface area contributed by atoms with Crippen molar-refractivity contribution in [1.29, 1.82) is 0 Å². The predicted octanol–water partition coefficient (Wildman–Crippen LogP) is 4.24. The van der Waals surface area contributed by atoms with Crippen molar-refractivity contribution in [3.05, 3.63) is 53.2 Å². The van der Waals surface area contributed by atoms with Crippen molar-refractivity contribution in [2.24, 2.45) is 0 Å². The lowest BCUT2D eigenvalue weighted by atomic mass is 10.1. The van der Waals surface area contributed by atoms with Gasteiger partial charge in [-0.15, -0.1) is 0 Å². The number of aryl methyl sites for hydroxylation is 2. The van der Waals surface area contributed by atoms with Crippen LogP contribution in [0.1, 0.15) is 36.5 Å². The fraction of sp³-hybridized carbons (Fsp3) is 0.389. The van der Waals surface area contributed by atoms with Gasteiger partial charge in [0.05, 0.1) is 0 Å². The normalized spacial score (nSPS) is 10.6. The molecule has 2 aromatic rings. The Hall–Kier alpha value is -1.87. The first-order valence-corrected chi connectivity index (χ1v) is 7.60. The van der Waals surface area contributed by atoms with Crippen molar-refractivity contribution in [1.82, 2.24) is 10.3 Å². The number of benzene rings is 1. The smallest absolute Gasteiger partial charge is 0.222 e. The molecule has 0 aliphatic rings. The molecular formula is C18H24N2O. The number of ether oxygens (including phenoxy) is 1. The van der Waals surface area contributed by atoms with Gasteiger partial charge in [-0.3, -0.25) is 0 Å². The molecule has 0 atom stereocenters. The highest BCUT2D eigenvalue weighted by Gasteiger charge is 2.04. The second-order valence-electron chi connectivity index (χ2n) is 5.35. The summed E-state index contributed by atoms with van der Waals surface area (Å²) in [5.74, 6) is 1.52. The quantitative estimate of drug-likeness (QED) is 0.825. The van der Waals surface area contributed by atoms with Gasteiger partial charge in [-0.2, -0.15) is 0 Å². The van der Waals surface area contributed by atoms with E-state index in [-0.39, 0.29) is 0 Å². The highest BCUT2D eigenvalue weighted by Crippen LogP contribution is 2.23. The zero-order valence-electron chi connectivity index (χ0n) is 13.1. The first-order chi connectivity index (χ1) is 10.2. The van der Waals surface area contributed by atoms with Crippen LogP contribution in [0, 0.1) is 6.92 Å². The van der Waals surface area contributed by atoms with Crippen molar-refractivity contribution in [3.63, 3.8) is 0 Å². The molecule has 0 fully saturated rings. The first kappa shape index (κ1) is 15.5. The van der Waals surface area contributed by atoms with Crippen LogP contribution in [0.25, 0.3) is 0 Å². The van der Waals surface area contributed by atoms with Crippen LogP contribution in [0.4, 0.5) is 0 Å². The van der Waals surface area contributed by atoms with Gasteiger partial charge in [0.15, 0.2) is 0 Å². The molecule has 0 spiro atoms. The third kappa shape index (κ3) is 4.57. The Kier molecular flexibility index (Phi) is 5.76. The summed E-state index contributed by atoms with van der Waals surface area (Å²) in [6, 6.07) is 10.4. The summed E-state index contributed by atoms with van der Waals surface area (Å²) in [6.07, 6.45) is 5.44. The summed E-state index contributed by atoms with van der Waals surface area (Å²) in [6.45, 7) is 5.06. The monoisotopic (exact) mass is 284 g/mol. The van der Waals surface area contributed by atoms with Gasteiger partial charge in [0.25, 0.3) is 0 Å². The van der Waals surface area contributed by atoms with Crippen molar-refractivity contribution in [3.8, 4) is 11.6 Å².